The first-order valence-electron chi connectivity index (χ1n) is 7.51. The summed E-state index contributed by atoms with van der Waals surface area (Å²) >= 11 is 0. The van der Waals surface area contributed by atoms with E-state index >= 15 is 0 Å². The molecule has 1 amide bonds. The predicted octanol–water partition coefficient (Wildman–Crippen LogP) is 1.38. The molecule has 0 bridgehead atoms. The third-order valence-electron chi connectivity index (χ3n) is 3.48. The third kappa shape index (κ3) is 4.38. The monoisotopic (exact) mass is 377 g/mol. The van der Waals surface area contributed by atoms with Crippen LogP contribution in [0.15, 0.2) is 52.5 Å². The Balaban J connectivity index is 2.19. The lowest BCUT2D eigenvalue weighted by Crippen LogP contribution is -2.25. The number of methoxy groups -OCH3 is 2. The van der Waals surface area contributed by atoms with Crippen molar-refractivity contribution in [1.82, 2.24) is 10.1 Å². The number of nitrogens with one attached hydrogen (secondary N) is 2. The van der Waals surface area contributed by atoms with Crippen LogP contribution in [0.25, 0.3) is 0 Å². The fraction of sp³-hybridized carbons (Fsp3) is 0.176. The van der Waals surface area contributed by atoms with Crippen molar-refractivity contribution in [2.24, 2.45) is 5.10 Å². The first-order chi connectivity index (χ1) is 12.4. The van der Waals surface area contributed by atoms with Crippen LogP contribution in [-0.4, -0.2) is 41.8 Å². The van der Waals surface area contributed by atoms with Crippen molar-refractivity contribution < 1.29 is 22.7 Å². The van der Waals surface area contributed by atoms with Gasteiger partial charge in [-0.3, -0.25) is 4.79 Å². The summed E-state index contributed by atoms with van der Waals surface area (Å²) in [7, 11) is 0.560. The largest absolute Gasteiger partial charge is 0.493 e. The number of rotatable bonds is 7. The summed E-state index contributed by atoms with van der Waals surface area (Å²) in [6, 6.07) is 11.0. The van der Waals surface area contributed by atoms with Crippen LogP contribution in [0, 0.1) is 0 Å². The lowest BCUT2D eigenvalue weighted by atomic mass is 10.2. The number of ether oxygens (including phenoxy) is 2. The second-order valence-corrected chi connectivity index (χ2v) is 6.87. The highest BCUT2D eigenvalue weighted by atomic mass is 32.2. The molecule has 0 aliphatic carbocycles. The van der Waals surface area contributed by atoms with Gasteiger partial charge in [-0.2, -0.15) is 5.10 Å². The van der Waals surface area contributed by atoms with Crippen LogP contribution in [0.2, 0.25) is 0 Å². The number of hydrogen-bond donors (Lipinski definition) is 2. The van der Waals surface area contributed by atoms with Crippen LogP contribution in [0.5, 0.6) is 11.5 Å². The van der Waals surface area contributed by atoms with E-state index < -0.39 is 15.9 Å². The first kappa shape index (κ1) is 19.4. The average molecular weight is 377 g/mol. The lowest BCUT2D eigenvalue weighted by molar-refractivity contribution is 0.0952. The van der Waals surface area contributed by atoms with Gasteiger partial charge in [0.15, 0.2) is 11.5 Å². The molecule has 138 valence electrons. The van der Waals surface area contributed by atoms with E-state index in [4.69, 9.17) is 9.47 Å². The van der Waals surface area contributed by atoms with Gasteiger partial charge in [0.25, 0.3) is 5.91 Å². The van der Waals surface area contributed by atoms with Crippen LogP contribution in [0.1, 0.15) is 15.9 Å². The SMILES string of the molecule is CNS(=O)(=O)c1ccccc1C(=O)N/N=C\c1ccc(OC)c(OC)c1. The highest BCUT2D eigenvalue weighted by Crippen LogP contribution is 2.26. The number of nitrogens with zero attached hydrogens (tertiary/aromatic N) is 1. The molecule has 0 saturated heterocycles. The standard InChI is InChI=1S/C17H19N3O5S/c1-18-26(22,23)16-7-5-4-6-13(16)17(21)20-19-11-12-8-9-14(24-2)15(10-12)25-3/h4-11,18H,1-3H3,(H,20,21)/b19-11-. The molecule has 0 aromatic heterocycles. The minimum Gasteiger partial charge on any atom is -0.493 e. The maximum absolute atomic E-state index is 12.3. The van der Waals surface area contributed by atoms with E-state index in [2.05, 4.69) is 15.2 Å². The predicted molar refractivity (Wildman–Crippen MR) is 97.3 cm³/mol. The summed E-state index contributed by atoms with van der Waals surface area (Å²) in [5.74, 6) is 0.448. The zero-order valence-electron chi connectivity index (χ0n) is 14.5. The highest BCUT2D eigenvalue weighted by Gasteiger charge is 2.20. The Bertz CT molecular complexity index is 926. The maximum Gasteiger partial charge on any atom is 0.272 e. The first-order valence-corrected chi connectivity index (χ1v) is 8.99. The molecule has 2 aromatic carbocycles. The zero-order valence-corrected chi connectivity index (χ0v) is 15.3. The number of amides is 1. The summed E-state index contributed by atoms with van der Waals surface area (Å²) in [5, 5.41) is 3.86. The molecule has 0 saturated carbocycles. The number of hydrogen-bond acceptors (Lipinski definition) is 6. The molecule has 0 aliphatic rings. The number of benzene rings is 2. The van der Waals surface area contributed by atoms with Crippen LogP contribution in [0.4, 0.5) is 0 Å². The highest BCUT2D eigenvalue weighted by molar-refractivity contribution is 7.89. The lowest BCUT2D eigenvalue weighted by Gasteiger charge is -2.08. The Hall–Kier alpha value is -2.91. The van der Waals surface area contributed by atoms with Gasteiger partial charge in [0.2, 0.25) is 10.0 Å². The molecule has 0 unspecified atom stereocenters. The molecular weight excluding hydrogens is 358 g/mol. The molecule has 0 spiro atoms. The molecule has 2 aromatic rings. The summed E-state index contributed by atoms with van der Waals surface area (Å²) in [6.45, 7) is 0. The minimum absolute atomic E-state index is 0.00804. The smallest absolute Gasteiger partial charge is 0.272 e. The zero-order chi connectivity index (χ0) is 19.2. The van der Waals surface area contributed by atoms with Gasteiger partial charge < -0.3 is 9.47 Å². The fourth-order valence-corrected chi connectivity index (χ4v) is 3.09. The molecule has 0 aliphatic heterocycles. The van der Waals surface area contributed by atoms with Crippen LogP contribution >= 0.6 is 0 Å². The van der Waals surface area contributed by atoms with Gasteiger partial charge in [-0.25, -0.2) is 18.6 Å². The Morgan fingerprint density at radius 1 is 1.08 bits per heavy atom. The van der Waals surface area contributed by atoms with Crippen molar-refractivity contribution in [2.45, 2.75) is 4.90 Å². The molecular formula is C17H19N3O5S. The molecule has 26 heavy (non-hydrogen) atoms. The van der Waals surface area contributed by atoms with Gasteiger partial charge in [-0.15, -0.1) is 0 Å². The van der Waals surface area contributed by atoms with E-state index in [-0.39, 0.29) is 10.5 Å². The Labute approximate surface area is 151 Å². The summed E-state index contributed by atoms with van der Waals surface area (Å²) in [6.07, 6.45) is 1.41. The van der Waals surface area contributed by atoms with E-state index in [1.165, 1.54) is 45.7 Å². The van der Waals surface area contributed by atoms with Gasteiger partial charge in [0.05, 0.1) is 30.9 Å². The summed E-state index contributed by atoms with van der Waals surface area (Å²) < 4.78 is 36.5. The molecule has 0 radical (unpaired) electrons. The average Bonchev–Trinajstić information content (AvgIpc) is 2.67. The van der Waals surface area contributed by atoms with Gasteiger partial charge >= 0.3 is 0 Å². The Morgan fingerprint density at radius 3 is 2.42 bits per heavy atom. The number of sulfonamides is 1. The van der Waals surface area contributed by atoms with Crippen molar-refractivity contribution in [3.8, 4) is 11.5 Å². The van der Waals surface area contributed by atoms with Crippen molar-refractivity contribution in [2.75, 3.05) is 21.3 Å². The third-order valence-corrected chi connectivity index (χ3v) is 4.95. The molecule has 2 N–H and O–H groups in total. The van der Waals surface area contributed by atoms with Crippen molar-refractivity contribution in [3.63, 3.8) is 0 Å². The number of hydrazone groups is 1. The molecule has 0 heterocycles. The maximum atomic E-state index is 12.3. The van der Waals surface area contributed by atoms with Crippen LogP contribution in [-0.2, 0) is 10.0 Å². The van der Waals surface area contributed by atoms with Crippen LogP contribution in [0.3, 0.4) is 0 Å². The topological polar surface area (TPSA) is 106 Å². The summed E-state index contributed by atoms with van der Waals surface area (Å²) in [5.41, 5.74) is 2.97. The Kier molecular flexibility index (Phi) is 6.31. The number of carbonyl (C=O) groups excluding carboxylic acids is 1. The van der Waals surface area contributed by atoms with Crippen molar-refractivity contribution in [1.29, 1.82) is 0 Å². The second-order valence-electron chi connectivity index (χ2n) is 5.02. The summed E-state index contributed by atoms with van der Waals surface area (Å²) in [4.78, 5) is 12.2. The molecule has 2 rings (SSSR count). The van der Waals surface area contributed by atoms with Gasteiger partial charge in [0, 0.05) is 0 Å². The molecule has 9 heteroatoms. The van der Waals surface area contributed by atoms with Crippen molar-refractivity contribution >= 4 is 22.1 Å². The Morgan fingerprint density at radius 2 is 1.77 bits per heavy atom. The minimum atomic E-state index is -3.76. The molecule has 8 nitrogen and oxygen atoms in total. The molecule has 0 atom stereocenters. The van der Waals surface area contributed by atoms with E-state index in [1.54, 1.807) is 24.3 Å². The van der Waals surface area contributed by atoms with Crippen LogP contribution < -0.4 is 19.6 Å². The normalized spacial score (nSPS) is 11.3. The van der Waals surface area contributed by atoms with Gasteiger partial charge in [-0.1, -0.05) is 12.1 Å². The fourth-order valence-electron chi connectivity index (χ4n) is 2.16. The second kappa shape index (κ2) is 8.45. The van der Waals surface area contributed by atoms with Gasteiger partial charge in [-0.05, 0) is 42.9 Å². The van der Waals surface area contributed by atoms with E-state index in [0.29, 0.717) is 17.1 Å². The van der Waals surface area contributed by atoms with E-state index in [9.17, 15) is 13.2 Å². The van der Waals surface area contributed by atoms with Crippen molar-refractivity contribution in [3.05, 3.63) is 53.6 Å². The van der Waals surface area contributed by atoms with E-state index in [0.717, 1.165) is 0 Å². The molecule has 0 fully saturated rings. The van der Waals surface area contributed by atoms with Gasteiger partial charge in [0.1, 0.15) is 0 Å². The number of carbonyl (C=O) groups is 1. The quantitative estimate of drug-likeness (QED) is 0.560. The van der Waals surface area contributed by atoms with E-state index in [1.807, 2.05) is 0 Å².